The Balaban J connectivity index is 2.05. The standard InChI is InChI=1S/C20H24N2O4/c23-19(24)11-18(13-21-12-16-7-3-1-4-8-16)22(15-20(25)26)14-17-9-5-2-6-10-17/h1-10,18,21H,11-15H2,(H,23,24)(H,25,26). The fourth-order valence-electron chi connectivity index (χ4n) is 2.82. The van der Waals surface area contributed by atoms with Crippen LogP contribution in [-0.2, 0) is 22.7 Å². The molecule has 0 aliphatic rings. The maximum absolute atomic E-state index is 11.3. The Morgan fingerprint density at radius 3 is 2.00 bits per heavy atom. The number of benzene rings is 2. The second kappa shape index (κ2) is 10.3. The van der Waals surface area contributed by atoms with E-state index in [-0.39, 0.29) is 13.0 Å². The average Bonchev–Trinajstić information content (AvgIpc) is 2.61. The zero-order chi connectivity index (χ0) is 18.8. The van der Waals surface area contributed by atoms with E-state index in [2.05, 4.69) is 5.32 Å². The minimum absolute atomic E-state index is 0.123. The summed E-state index contributed by atoms with van der Waals surface area (Å²) in [6, 6.07) is 18.8. The predicted octanol–water partition coefficient (Wildman–Crippen LogP) is 2.21. The van der Waals surface area contributed by atoms with E-state index in [9.17, 15) is 19.8 Å². The first-order valence-electron chi connectivity index (χ1n) is 8.51. The maximum Gasteiger partial charge on any atom is 0.317 e. The van der Waals surface area contributed by atoms with Gasteiger partial charge in [0.2, 0.25) is 0 Å². The van der Waals surface area contributed by atoms with Gasteiger partial charge in [-0.25, -0.2) is 0 Å². The van der Waals surface area contributed by atoms with Crippen molar-refractivity contribution < 1.29 is 19.8 Å². The fraction of sp³-hybridized carbons (Fsp3) is 0.300. The molecule has 2 rings (SSSR count). The molecule has 138 valence electrons. The van der Waals surface area contributed by atoms with Gasteiger partial charge in [0.05, 0.1) is 13.0 Å². The highest BCUT2D eigenvalue weighted by Gasteiger charge is 2.23. The highest BCUT2D eigenvalue weighted by atomic mass is 16.4. The number of hydrogen-bond acceptors (Lipinski definition) is 4. The SMILES string of the molecule is O=C(O)CC(CNCc1ccccc1)N(CC(=O)O)Cc1ccccc1. The minimum Gasteiger partial charge on any atom is -0.481 e. The summed E-state index contributed by atoms with van der Waals surface area (Å²) in [4.78, 5) is 24.3. The van der Waals surface area contributed by atoms with Crippen molar-refractivity contribution in [2.45, 2.75) is 25.6 Å². The molecule has 6 nitrogen and oxygen atoms in total. The normalized spacial score (nSPS) is 12.0. The largest absolute Gasteiger partial charge is 0.481 e. The molecule has 0 heterocycles. The number of rotatable bonds is 11. The summed E-state index contributed by atoms with van der Waals surface area (Å²) in [6.45, 7) is 1.17. The molecule has 0 saturated heterocycles. The van der Waals surface area contributed by atoms with Gasteiger partial charge in [0.25, 0.3) is 0 Å². The van der Waals surface area contributed by atoms with Gasteiger partial charge in [0.15, 0.2) is 0 Å². The number of carbonyl (C=O) groups is 2. The van der Waals surface area contributed by atoms with Crippen LogP contribution in [0, 0.1) is 0 Å². The summed E-state index contributed by atoms with van der Waals surface area (Å²) in [5.41, 5.74) is 2.04. The van der Waals surface area contributed by atoms with Crippen LogP contribution in [0.1, 0.15) is 17.5 Å². The van der Waals surface area contributed by atoms with Gasteiger partial charge < -0.3 is 15.5 Å². The lowest BCUT2D eigenvalue weighted by Gasteiger charge is -2.30. The van der Waals surface area contributed by atoms with Gasteiger partial charge in [-0.15, -0.1) is 0 Å². The van der Waals surface area contributed by atoms with E-state index in [4.69, 9.17) is 0 Å². The quantitative estimate of drug-likeness (QED) is 0.572. The Morgan fingerprint density at radius 2 is 1.46 bits per heavy atom. The Hall–Kier alpha value is -2.70. The van der Waals surface area contributed by atoms with E-state index < -0.39 is 18.0 Å². The molecule has 2 aromatic carbocycles. The topological polar surface area (TPSA) is 89.9 Å². The molecule has 0 fully saturated rings. The van der Waals surface area contributed by atoms with Gasteiger partial charge in [-0.3, -0.25) is 14.5 Å². The van der Waals surface area contributed by atoms with E-state index >= 15 is 0 Å². The van der Waals surface area contributed by atoms with Crippen molar-refractivity contribution in [1.29, 1.82) is 0 Å². The lowest BCUT2D eigenvalue weighted by atomic mass is 10.1. The summed E-state index contributed by atoms with van der Waals surface area (Å²) < 4.78 is 0. The first-order chi connectivity index (χ1) is 12.5. The van der Waals surface area contributed by atoms with Gasteiger partial charge in [-0.1, -0.05) is 60.7 Å². The van der Waals surface area contributed by atoms with Crippen molar-refractivity contribution in [1.82, 2.24) is 10.2 Å². The number of carboxylic acids is 2. The Bertz CT molecular complexity index is 691. The molecule has 0 aromatic heterocycles. The zero-order valence-corrected chi connectivity index (χ0v) is 14.5. The maximum atomic E-state index is 11.3. The molecule has 0 spiro atoms. The Kier molecular flexibility index (Phi) is 7.79. The third kappa shape index (κ3) is 7.04. The molecule has 3 N–H and O–H groups in total. The Morgan fingerprint density at radius 1 is 0.885 bits per heavy atom. The lowest BCUT2D eigenvalue weighted by molar-refractivity contribution is -0.142. The van der Waals surface area contributed by atoms with Gasteiger partial charge in [-0.05, 0) is 11.1 Å². The molecular formula is C20H24N2O4. The Labute approximate surface area is 153 Å². The van der Waals surface area contributed by atoms with Gasteiger partial charge in [0.1, 0.15) is 0 Å². The van der Waals surface area contributed by atoms with E-state index in [0.29, 0.717) is 19.6 Å². The van der Waals surface area contributed by atoms with Gasteiger partial charge in [-0.2, -0.15) is 0 Å². The molecule has 1 atom stereocenters. The second-order valence-electron chi connectivity index (χ2n) is 6.15. The van der Waals surface area contributed by atoms with Crippen molar-refractivity contribution in [2.75, 3.05) is 13.1 Å². The number of nitrogens with zero attached hydrogens (tertiary/aromatic N) is 1. The number of hydrogen-bond donors (Lipinski definition) is 3. The van der Waals surface area contributed by atoms with E-state index in [1.807, 2.05) is 60.7 Å². The third-order valence-corrected chi connectivity index (χ3v) is 4.05. The van der Waals surface area contributed by atoms with Crippen molar-refractivity contribution in [3.8, 4) is 0 Å². The summed E-state index contributed by atoms with van der Waals surface area (Å²) in [5.74, 6) is -1.92. The summed E-state index contributed by atoms with van der Waals surface area (Å²) in [6.07, 6.45) is -0.123. The lowest BCUT2D eigenvalue weighted by Crippen LogP contribution is -2.45. The predicted molar refractivity (Wildman–Crippen MR) is 98.7 cm³/mol. The van der Waals surface area contributed by atoms with Crippen molar-refractivity contribution >= 4 is 11.9 Å². The van der Waals surface area contributed by atoms with Crippen LogP contribution in [0.4, 0.5) is 0 Å². The highest BCUT2D eigenvalue weighted by Crippen LogP contribution is 2.11. The molecule has 0 aliphatic carbocycles. The van der Waals surface area contributed by atoms with Crippen LogP contribution >= 0.6 is 0 Å². The third-order valence-electron chi connectivity index (χ3n) is 4.05. The van der Waals surface area contributed by atoms with Crippen LogP contribution in [0.2, 0.25) is 0 Å². The molecule has 0 amide bonds. The van der Waals surface area contributed by atoms with Crippen molar-refractivity contribution in [3.63, 3.8) is 0 Å². The molecule has 6 heteroatoms. The van der Waals surface area contributed by atoms with Crippen LogP contribution in [-0.4, -0.2) is 46.2 Å². The minimum atomic E-state index is -0.973. The van der Waals surface area contributed by atoms with Crippen LogP contribution in [0.3, 0.4) is 0 Å². The van der Waals surface area contributed by atoms with Crippen LogP contribution < -0.4 is 5.32 Å². The summed E-state index contributed by atoms with van der Waals surface area (Å²) >= 11 is 0. The zero-order valence-electron chi connectivity index (χ0n) is 14.5. The number of nitrogens with one attached hydrogen (secondary N) is 1. The summed E-state index contributed by atoms with van der Waals surface area (Å²) in [5, 5.41) is 21.7. The van der Waals surface area contributed by atoms with Crippen LogP contribution in [0.25, 0.3) is 0 Å². The molecule has 0 radical (unpaired) electrons. The molecule has 2 aromatic rings. The monoisotopic (exact) mass is 356 g/mol. The average molecular weight is 356 g/mol. The van der Waals surface area contributed by atoms with E-state index in [0.717, 1.165) is 11.1 Å². The molecular weight excluding hydrogens is 332 g/mol. The second-order valence-corrected chi connectivity index (χ2v) is 6.15. The highest BCUT2D eigenvalue weighted by molar-refractivity contribution is 5.70. The van der Waals surface area contributed by atoms with Crippen molar-refractivity contribution in [2.24, 2.45) is 0 Å². The first kappa shape index (κ1) is 19.6. The number of carboxylic acid groups (broad SMARTS) is 2. The van der Waals surface area contributed by atoms with Crippen molar-refractivity contribution in [3.05, 3.63) is 71.8 Å². The smallest absolute Gasteiger partial charge is 0.317 e. The first-order valence-corrected chi connectivity index (χ1v) is 8.51. The fourth-order valence-corrected chi connectivity index (χ4v) is 2.82. The van der Waals surface area contributed by atoms with Gasteiger partial charge >= 0.3 is 11.9 Å². The molecule has 0 aliphatic heterocycles. The van der Waals surface area contributed by atoms with Crippen LogP contribution in [0.5, 0.6) is 0 Å². The van der Waals surface area contributed by atoms with E-state index in [1.165, 1.54) is 0 Å². The molecule has 26 heavy (non-hydrogen) atoms. The summed E-state index contributed by atoms with van der Waals surface area (Å²) in [7, 11) is 0. The van der Waals surface area contributed by atoms with Crippen LogP contribution in [0.15, 0.2) is 60.7 Å². The van der Waals surface area contributed by atoms with Gasteiger partial charge in [0, 0.05) is 25.7 Å². The van der Waals surface area contributed by atoms with E-state index in [1.54, 1.807) is 4.90 Å². The number of aliphatic carboxylic acids is 2. The molecule has 1 unspecified atom stereocenters. The molecule has 0 saturated carbocycles. The molecule has 0 bridgehead atoms.